The standard InChI is InChI=1S/C11H13N3O4S2/c1-18-8-2-3-10(9(12)4-8)20(16,17)13-5-7-6-19-11(15)14-7/h2-4,6,13H,5,12H2,1H3,(H,14,15). The Morgan fingerprint density at radius 2 is 2.20 bits per heavy atom. The number of benzene rings is 1. The SMILES string of the molecule is COc1ccc(S(=O)(=O)NCc2csc(=O)[nH]2)c(N)c1. The highest BCUT2D eigenvalue weighted by Gasteiger charge is 2.17. The van der Waals surface area contributed by atoms with Crippen LogP contribution in [0.15, 0.2) is 33.3 Å². The van der Waals surface area contributed by atoms with Crippen LogP contribution in [-0.4, -0.2) is 20.5 Å². The molecule has 0 fully saturated rings. The second-order valence-electron chi connectivity index (χ2n) is 3.90. The minimum atomic E-state index is -3.75. The van der Waals surface area contributed by atoms with E-state index in [0.29, 0.717) is 11.4 Å². The topological polar surface area (TPSA) is 114 Å². The number of nitrogens with one attached hydrogen (secondary N) is 2. The Balaban J connectivity index is 2.20. The van der Waals surface area contributed by atoms with Crippen molar-refractivity contribution in [3.8, 4) is 5.75 Å². The Labute approximate surface area is 119 Å². The van der Waals surface area contributed by atoms with E-state index in [1.807, 2.05) is 0 Å². The van der Waals surface area contributed by atoms with Crippen molar-refractivity contribution in [1.82, 2.24) is 9.71 Å². The molecule has 0 spiro atoms. The summed E-state index contributed by atoms with van der Waals surface area (Å²) in [6.07, 6.45) is 0. The Morgan fingerprint density at radius 3 is 2.75 bits per heavy atom. The minimum absolute atomic E-state index is 0.00740. The van der Waals surface area contributed by atoms with E-state index in [-0.39, 0.29) is 22.0 Å². The molecule has 0 amide bonds. The minimum Gasteiger partial charge on any atom is -0.497 e. The van der Waals surface area contributed by atoms with Crippen LogP contribution in [0.4, 0.5) is 5.69 Å². The third-order valence-corrected chi connectivity index (χ3v) is 4.72. The second kappa shape index (κ2) is 5.65. The first kappa shape index (κ1) is 14.6. The molecule has 0 saturated heterocycles. The van der Waals surface area contributed by atoms with E-state index in [1.54, 1.807) is 5.38 Å². The van der Waals surface area contributed by atoms with E-state index in [0.717, 1.165) is 11.3 Å². The fourth-order valence-corrected chi connectivity index (χ4v) is 3.25. The van der Waals surface area contributed by atoms with Crippen molar-refractivity contribution in [2.24, 2.45) is 0 Å². The lowest BCUT2D eigenvalue weighted by molar-refractivity contribution is 0.414. The largest absolute Gasteiger partial charge is 0.497 e. The van der Waals surface area contributed by atoms with E-state index in [9.17, 15) is 13.2 Å². The van der Waals surface area contributed by atoms with Gasteiger partial charge in [0.2, 0.25) is 10.0 Å². The molecule has 2 aromatic rings. The molecule has 0 aliphatic carbocycles. The summed E-state index contributed by atoms with van der Waals surface area (Å²) < 4.78 is 31.6. The Morgan fingerprint density at radius 1 is 1.45 bits per heavy atom. The molecule has 7 nitrogen and oxygen atoms in total. The first-order valence-electron chi connectivity index (χ1n) is 5.52. The first-order valence-corrected chi connectivity index (χ1v) is 7.88. The molecule has 108 valence electrons. The number of thiazole rings is 1. The highest BCUT2D eigenvalue weighted by atomic mass is 32.2. The van der Waals surface area contributed by atoms with Crippen LogP contribution in [0.3, 0.4) is 0 Å². The summed E-state index contributed by atoms with van der Waals surface area (Å²) in [5, 5.41) is 1.56. The van der Waals surface area contributed by atoms with Gasteiger partial charge in [0.1, 0.15) is 10.6 Å². The number of aromatic amines is 1. The normalized spacial score (nSPS) is 11.4. The van der Waals surface area contributed by atoms with Gasteiger partial charge in [0.25, 0.3) is 0 Å². The predicted molar refractivity (Wildman–Crippen MR) is 76.4 cm³/mol. The molecule has 0 bridgehead atoms. The molecule has 0 saturated carbocycles. The van der Waals surface area contributed by atoms with Gasteiger partial charge in [-0.1, -0.05) is 11.3 Å². The molecule has 20 heavy (non-hydrogen) atoms. The molecule has 0 aliphatic rings. The average molecular weight is 315 g/mol. The number of methoxy groups -OCH3 is 1. The van der Waals surface area contributed by atoms with Gasteiger partial charge in [-0.25, -0.2) is 13.1 Å². The number of nitrogens with two attached hydrogens (primary N) is 1. The molecule has 0 atom stereocenters. The molecule has 0 unspecified atom stereocenters. The fraction of sp³-hybridized carbons (Fsp3) is 0.182. The zero-order chi connectivity index (χ0) is 14.8. The van der Waals surface area contributed by atoms with Crippen molar-refractivity contribution < 1.29 is 13.2 Å². The lowest BCUT2D eigenvalue weighted by atomic mass is 10.3. The maximum absolute atomic E-state index is 12.1. The highest BCUT2D eigenvalue weighted by molar-refractivity contribution is 7.89. The van der Waals surface area contributed by atoms with E-state index in [4.69, 9.17) is 10.5 Å². The molecular weight excluding hydrogens is 302 g/mol. The summed E-state index contributed by atoms with van der Waals surface area (Å²) in [5.74, 6) is 0.476. The van der Waals surface area contributed by atoms with Crippen LogP contribution in [0.25, 0.3) is 0 Å². The van der Waals surface area contributed by atoms with Gasteiger partial charge >= 0.3 is 4.87 Å². The monoisotopic (exact) mass is 315 g/mol. The van der Waals surface area contributed by atoms with Gasteiger partial charge in [-0.3, -0.25) is 4.79 Å². The summed E-state index contributed by atoms with van der Waals surface area (Å²) in [6.45, 7) is -0.00740. The van der Waals surface area contributed by atoms with Gasteiger partial charge in [0.15, 0.2) is 0 Å². The number of anilines is 1. The summed E-state index contributed by atoms with van der Waals surface area (Å²) in [6, 6.07) is 4.31. The van der Waals surface area contributed by atoms with E-state index in [1.165, 1.54) is 25.3 Å². The summed E-state index contributed by atoms with van der Waals surface area (Å²) in [7, 11) is -2.29. The quantitative estimate of drug-likeness (QED) is 0.695. The maximum Gasteiger partial charge on any atom is 0.304 e. The molecule has 1 aromatic carbocycles. The molecule has 1 aromatic heterocycles. The van der Waals surface area contributed by atoms with E-state index < -0.39 is 10.0 Å². The molecule has 2 rings (SSSR count). The van der Waals surface area contributed by atoms with Crippen molar-refractivity contribution in [2.75, 3.05) is 12.8 Å². The second-order valence-corrected chi connectivity index (χ2v) is 6.48. The molecular formula is C11H13N3O4S2. The Kier molecular flexibility index (Phi) is 4.12. The number of rotatable bonds is 5. The van der Waals surface area contributed by atoms with Crippen molar-refractivity contribution in [1.29, 1.82) is 0 Å². The summed E-state index contributed by atoms with van der Waals surface area (Å²) in [4.78, 5) is 13.2. The van der Waals surface area contributed by atoms with Gasteiger partial charge in [-0.15, -0.1) is 0 Å². The highest BCUT2D eigenvalue weighted by Crippen LogP contribution is 2.23. The first-order chi connectivity index (χ1) is 9.42. The van der Waals surface area contributed by atoms with Crippen molar-refractivity contribution in [3.05, 3.63) is 38.9 Å². The lowest BCUT2D eigenvalue weighted by Gasteiger charge is -2.09. The molecule has 4 N–H and O–H groups in total. The van der Waals surface area contributed by atoms with Gasteiger partial charge in [0, 0.05) is 17.1 Å². The number of sulfonamides is 1. The molecule has 9 heteroatoms. The number of ether oxygens (including phenoxy) is 1. The zero-order valence-corrected chi connectivity index (χ0v) is 12.2. The fourth-order valence-electron chi connectivity index (χ4n) is 1.55. The molecule has 0 radical (unpaired) electrons. The van der Waals surface area contributed by atoms with Crippen molar-refractivity contribution in [2.45, 2.75) is 11.4 Å². The summed E-state index contributed by atoms with van der Waals surface area (Å²) in [5.41, 5.74) is 6.29. The maximum atomic E-state index is 12.1. The zero-order valence-electron chi connectivity index (χ0n) is 10.5. The van der Waals surface area contributed by atoms with E-state index in [2.05, 4.69) is 9.71 Å². The third kappa shape index (κ3) is 3.18. The van der Waals surface area contributed by atoms with Crippen molar-refractivity contribution >= 4 is 27.0 Å². The van der Waals surface area contributed by atoms with Crippen LogP contribution in [0, 0.1) is 0 Å². The van der Waals surface area contributed by atoms with Crippen LogP contribution < -0.4 is 20.1 Å². The number of aromatic nitrogens is 1. The molecule has 1 heterocycles. The molecule has 0 aliphatic heterocycles. The Bertz CT molecular complexity index is 764. The number of hydrogen-bond donors (Lipinski definition) is 3. The van der Waals surface area contributed by atoms with Crippen LogP contribution in [0.1, 0.15) is 5.69 Å². The third-order valence-electron chi connectivity index (χ3n) is 2.53. The van der Waals surface area contributed by atoms with Gasteiger partial charge < -0.3 is 15.5 Å². The average Bonchev–Trinajstić information content (AvgIpc) is 2.82. The summed E-state index contributed by atoms with van der Waals surface area (Å²) >= 11 is 0.972. The van der Waals surface area contributed by atoms with Gasteiger partial charge in [-0.2, -0.15) is 0 Å². The number of nitrogen functional groups attached to an aromatic ring is 1. The lowest BCUT2D eigenvalue weighted by Crippen LogP contribution is -2.24. The van der Waals surface area contributed by atoms with Crippen LogP contribution in [-0.2, 0) is 16.6 Å². The van der Waals surface area contributed by atoms with Crippen LogP contribution in [0.5, 0.6) is 5.75 Å². The van der Waals surface area contributed by atoms with Crippen LogP contribution >= 0.6 is 11.3 Å². The number of H-pyrrole nitrogens is 1. The number of hydrogen-bond acceptors (Lipinski definition) is 6. The van der Waals surface area contributed by atoms with Crippen molar-refractivity contribution in [3.63, 3.8) is 0 Å². The smallest absolute Gasteiger partial charge is 0.304 e. The van der Waals surface area contributed by atoms with Gasteiger partial charge in [-0.05, 0) is 12.1 Å². The van der Waals surface area contributed by atoms with E-state index >= 15 is 0 Å². The van der Waals surface area contributed by atoms with Gasteiger partial charge in [0.05, 0.1) is 19.3 Å². The Hall–Kier alpha value is -1.84. The van der Waals surface area contributed by atoms with Crippen LogP contribution in [0.2, 0.25) is 0 Å². The predicted octanol–water partition coefficient (Wildman–Crippen LogP) is 0.506.